The van der Waals surface area contributed by atoms with Gasteiger partial charge in [0.2, 0.25) is 11.9 Å². The maximum absolute atomic E-state index is 13.2. The number of morpholine rings is 1. The number of carbonyl (C=O) groups excluding carboxylic acids is 2. The molecule has 1 amide bonds. The fraction of sp³-hybridized carbons (Fsp3) is 0.471. The predicted molar refractivity (Wildman–Crippen MR) is 87.2 cm³/mol. The highest BCUT2D eigenvalue weighted by atomic mass is 19.1. The molecule has 0 saturated carbocycles. The Hall–Kier alpha value is -2.48. The van der Waals surface area contributed by atoms with Crippen molar-refractivity contribution in [2.24, 2.45) is 10.9 Å². The van der Waals surface area contributed by atoms with Gasteiger partial charge >= 0.3 is 5.97 Å². The normalized spacial score (nSPS) is 23.7. The Balaban J connectivity index is 1.95. The summed E-state index contributed by atoms with van der Waals surface area (Å²) in [6.45, 7) is 4.11. The molecule has 0 aliphatic carbocycles. The number of nitrogens with zero attached hydrogens (tertiary/aromatic N) is 2. The Bertz CT molecular complexity index is 671. The van der Waals surface area contributed by atoms with Crippen LogP contribution >= 0.6 is 0 Å². The SMILES string of the molecule is CCOC(=O)[C@@H]1C(=O)NC(N2CCOCC2)=N[C@H]1c1ccc(F)cc1. The molecule has 2 heterocycles. The molecule has 0 spiro atoms. The van der Waals surface area contributed by atoms with Crippen molar-refractivity contribution < 1.29 is 23.5 Å². The molecular formula is C17H20FN3O4. The predicted octanol–water partition coefficient (Wildman–Crippen LogP) is 0.864. The lowest BCUT2D eigenvalue weighted by molar-refractivity contribution is -0.153. The van der Waals surface area contributed by atoms with Crippen molar-refractivity contribution >= 4 is 17.8 Å². The van der Waals surface area contributed by atoms with E-state index in [0.717, 1.165) is 0 Å². The maximum Gasteiger partial charge on any atom is 0.321 e. The smallest absolute Gasteiger partial charge is 0.321 e. The van der Waals surface area contributed by atoms with Gasteiger partial charge in [-0.1, -0.05) is 12.1 Å². The van der Waals surface area contributed by atoms with Crippen LogP contribution in [0.3, 0.4) is 0 Å². The molecule has 0 unspecified atom stereocenters. The number of guanidine groups is 1. The summed E-state index contributed by atoms with van der Waals surface area (Å²) in [5.41, 5.74) is 0.583. The van der Waals surface area contributed by atoms with Gasteiger partial charge in [-0.05, 0) is 24.6 Å². The van der Waals surface area contributed by atoms with Gasteiger partial charge in [-0.3, -0.25) is 14.9 Å². The number of hydrogen-bond donors (Lipinski definition) is 1. The molecule has 1 saturated heterocycles. The van der Waals surface area contributed by atoms with Crippen molar-refractivity contribution in [3.8, 4) is 0 Å². The van der Waals surface area contributed by atoms with Crippen molar-refractivity contribution in [3.63, 3.8) is 0 Å². The van der Waals surface area contributed by atoms with E-state index in [2.05, 4.69) is 10.3 Å². The number of benzene rings is 1. The molecule has 25 heavy (non-hydrogen) atoms. The average Bonchev–Trinajstić information content (AvgIpc) is 2.62. The first-order valence-electron chi connectivity index (χ1n) is 8.23. The molecule has 2 aliphatic heterocycles. The molecule has 1 fully saturated rings. The fourth-order valence-electron chi connectivity index (χ4n) is 2.90. The minimum Gasteiger partial charge on any atom is -0.465 e. The highest BCUT2D eigenvalue weighted by molar-refractivity contribution is 6.08. The number of halogens is 1. The highest BCUT2D eigenvalue weighted by Gasteiger charge is 2.42. The van der Waals surface area contributed by atoms with E-state index in [1.807, 2.05) is 4.90 Å². The topological polar surface area (TPSA) is 80.2 Å². The maximum atomic E-state index is 13.2. The third-order valence-corrected chi connectivity index (χ3v) is 4.16. The second-order valence-electron chi connectivity index (χ2n) is 5.77. The first-order chi connectivity index (χ1) is 12.1. The second-order valence-corrected chi connectivity index (χ2v) is 5.77. The first-order valence-corrected chi connectivity index (χ1v) is 8.23. The monoisotopic (exact) mass is 349 g/mol. The lowest BCUT2D eigenvalue weighted by Crippen LogP contribution is -2.55. The fourth-order valence-corrected chi connectivity index (χ4v) is 2.90. The van der Waals surface area contributed by atoms with Crippen LogP contribution in [0.2, 0.25) is 0 Å². The zero-order valence-electron chi connectivity index (χ0n) is 13.9. The molecule has 8 heteroatoms. The summed E-state index contributed by atoms with van der Waals surface area (Å²) in [7, 11) is 0. The van der Waals surface area contributed by atoms with Crippen molar-refractivity contribution in [2.75, 3.05) is 32.9 Å². The lowest BCUT2D eigenvalue weighted by atomic mass is 9.91. The summed E-state index contributed by atoms with van der Waals surface area (Å²) in [6.07, 6.45) is 0. The minimum atomic E-state index is -1.10. The molecule has 1 aromatic rings. The molecule has 0 bridgehead atoms. The van der Waals surface area contributed by atoms with E-state index in [0.29, 0.717) is 37.8 Å². The van der Waals surface area contributed by atoms with Crippen LogP contribution in [0, 0.1) is 11.7 Å². The first kappa shape index (κ1) is 17.3. The van der Waals surface area contributed by atoms with Crippen LogP contribution in [0.5, 0.6) is 0 Å². The largest absolute Gasteiger partial charge is 0.465 e. The Morgan fingerprint density at radius 3 is 2.68 bits per heavy atom. The summed E-state index contributed by atoms with van der Waals surface area (Å²) in [4.78, 5) is 31.3. The van der Waals surface area contributed by atoms with Gasteiger partial charge in [0.25, 0.3) is 0 Å². The molecular weight excluding hydrogens is 329 g/mol. The number of rotatable bonds is 3. The number of nitrogens with one attached hydrogen (secondary N) is 1. The minimum absolute atomic E-state index is 0.165. The number of hydrogen-bond acceptors (Lipinski definition) is 6. The van der Waals surface area contributed by atoms with Crippen molar-refractivity contribution in [1.82, 2.24) is 10.2 Å². The van der Waals surface area contributed by atoms with Gasteiger partial charge in [0.05, 0.1) is 19.8 Å². The van der Waals surface area contributed by atoms with Gasteiger partial charge in [0.1, 0.15) is 11.9 Å². The van der Waals surface area contributed by atoms with Crippen molar-refractivity contribution in [1.29, 1.82) is 0 Å². The third-order valence-electron chi connectivity index (χ3n) is 4.16. The Morgan fingerprint density at radius 1 is 1.36 bits per heavy atom. The zero-order chi connectivity index (χ0) is 17.8. The summed E-state index contributed by atoms with van der Waals surface area (Å²) in [5, 5.41) is 2.69. The number of aliphatic imine (C=N–C) groups is 1. The van der Waals surface area contributed by atoms with Gasteiger partial charge in [-0.25, -0.2) is 9.38 Å². The van der Waals surface area contributed by atoms with E-state index in [-0.39, 0.29) is 6.61 Å². The van der Waals surface area contributed by atoms with Crippen LogP contribution in [-0.4, -0.2) is 55.6 Å². The lowest BCUT2D eigenvalue weighted by Gasteiger charge is -2.35. The zero-order valence-corrected chi connectivity index (χ0v) is 13.9. The van der Waals surface area contributed by atoms with Crippen LogP contribution in [0.4, 0.5) is 4.39 Å². The summed E-state index contributed by atoms with van der Waals surface area (Å²) in [5.74, 6) is -2.20. The van der Waals surface area contributed by atoms with Gasteiger partial charge in [-0.2, -0.15) is 0 Å². The molecule has 3 rings (SSSR count). The van der Waals surface area contributed by atoms with E-state index in [1.54, 1.807) is 6.92 Å². The number of ether oxygens (including phenoxy) is 2. The molecule has 0 aromatic heterocycles. The Morgan fingerprint density at radius 2 is 2.04 bits per heavy atom. The van der Waals surface area contributed by atoms with Gasteiger partial charge in [0.15, 0.2) is 5.92 Å². The van der Waals surface area contributed by atoms with Gasteiger partial charge in [0, 0.05) is 13.1 Å². The summed E-state index contributed by atoms with van der Waals surface area (Å²) >= 11 is 0. The van der Waals surface area contributed by atoms with Crippen molar-refractivity contribution in [2.45, 2.75) is 13.0 Å². The quantitative estimate of drug-likeness (QED) is 0.647. The van der Waals surface area contributed by atoms with E-state index in [9.17, 15) is 14.0 Å². The summed E-state index contributed by atoms with van der Waals surface area (Å²) in [6, 6.07) is 4.88. The molecule has 2 aliphatic rings. The highest BCUT2D eigenvalue weighted by Crippen LogP contribution is 2.31. The van der Waals surface area contributed by atoms with Crippen LogP contribution < -0.4 is 5.32 Å². The Labute approximate surface area is 144 Å². The molecule has 2 atom stereocenters. The van der Waals surface area contributed by atoms with E-state index >= 15 is 0 Å². The molecule has 7 nitrogen and oxygen atoms in total. The summed E-state index contributed by atoms with van der Waals surface area (Å²) < 4.78 is 23.6. The second kappa shape index (κ2) is 7.60. The van der Waals surface area contributed by atoms with Crippen LogP contribution in [0.15, 0.2) is 29.3 Å². The van der Waals surface area contributed by atoms with Crippen LogP contribution in [0.1, 0.15) is 18.5 Å². The average molecular weight is 349 g/mol. The molecule has 1 N–H and O–H groups in total. The van der Waals surface area contributed by atoms with E-state index in [1.165, 1.54) is 24.3 Å². The van der Waals surface area contributed by atoms with E-state index in [4.69, 9.17) is 9.47 Å². The number of carbonyl (C=O) groups is 2. The number of amides is 1. The standard InChI is InChI=1S/C17H20FN3O4/c1-2-25-16(23)13-14(11-3-5-12(18)6-4-11)19-17(20-15(13)22)21-7-9-24-10-8-21/h3-6,13-14H,2,7-10H2,1H3,(H,19,20,22)/t13-,14-/m0/s1. The number of esters is 1. The third kappa shape index (κ3) is 3.79. The van der Waals surface area contributed by atoms with E-state index < -0.39 is 29.7 Å². The van der Waals surface area contributed by atoms with Gasteiger partial charge < -0.3 is 14.4 Å². The Kier molecular flexibility index (Phi) is 5.28. The van der Waals surface area contributed by atoms with Crippen LogP contribution in [0.25, 0.3) is 0 Å². The van der Waals surface area contributed by atoms with Crippen molar-refractivity contribution in [3.05, 3.63) is 35.6 Å². The molecule has 0 radical (unpaired) electrons. The molecule has 1 aromatic carbocycles. The molecule has 134 valence electrons. The van der Waals surface area contributed by atoms with Gasteiger partial charge in [-0.15, -0.1) is 0 Å². The van der Waals surface area contributed by atoms with Crippen LogP contribution in [-0.2, 0) is 19.1 Å².